The number of amides is 1. The van der Waals surface area contributed by atoms with E-state index in [9.17, 15) is 14.0 Å². The Balaban J connectivity index is 1.48. The molecule has 132 valence electrons. The zero-order valence-electron chi connectivity index (χ0n) is 13.6. The van der Waals surface area contributed by atoms with Crippen molar-refractivity contribution >= 4 is 40.3 Å². The number of ketones is 1. The molecule has 0 N–H and O–H groups in total. The van der Waals surface area contributed by atoms with E-state index in [1.54, 1.807) is 35.2 Å². The second-order valence-corrected chi connectivity index (χ2v) is 7.56. The Labute approximate surface area is 154 Å². The second-order valence-electron chi connectivity index (χ2n) is 5.85. The lowest BCUT2D eigenvalue weighted by atomic mass is 10.1. The van der Waals surface area contributed by atoms with Crippen LogP contribution in [0.5, 0.6) is 0 Å². The van der Waals surface area contributed by atoms with Crippen molar-refractivity contribution in [1.82, 2.24) is 4.90 Å². The van der Waals surface area contributed by atoms with E-state index >= 15 is 0 Å². The number of thiophene rings is 1. The smallest absolute Gasteiger partial charge is 0.223 e. The highest BCUT2D eigenvalue weighted by molar-refractivity contribution is 7.18. The van der Waals surface area contributed by atoms with Crippen molar-refractivity contribution in [3.05, 3.63) is 51.4 Å². The molecule has 4 nitrogen and oxygen atoms in total. The molecule has 1 aliphatic heterocycles. The standard InChI is InChI=1S/C18H18ClFN2O2S/c19-17-7-6-16(25-17)15(23)5-8-18(24)22-11-9-21(10-12-22)14-4-2-1-3-13(14)20/h1-4,6-7H,5,8-12H2. The molecule has 1 amide bonds. The van der Waals surface area contributed by atoms with Gasteiger partial charge < -0.3 is 9.80 Å². The summed E-state index contributed by atoms with van der Waals surface area (Å²) >= 11 is 7.06. The zero-order chi connectivity index (χ0) is 17.8. The van der Waals surface area contributed by atoms with E-state index in [1.807, 2.05) is 4.90 Å². The maximum Gasteiger partial charge on any atom is 0.223 e. The fourth-order valence-electron chi connectivity index (χ4n) is 2.87. The first-order valence-corrected chi connectivity index (χ1v) is 9.30. The summed E-state index contributed by atoms with van der Waals surface area (Å²) in [4.78, 5) is 28.6. The van der Waals surface area contributed by atoms with Gasteiger partial charge in [-0.05, 0) is 24.3 Å². The Kier molecular flexibility index (Phi) is 5.71. The molecule has 1 saturated heterocycles. The summed E-state index contributed by atoms with van der Waals surface area (Å²) in [6.45, 7) is 2.24. The summed E-state index contributed by atoms with van der Waals surface area (Å²) < 4.78 is 14.4. The second kappa shape index (κ2) is 7.97. The van der Waals surface area contributed by atoms with Crippen molar-refractivity contribution in [3.8, 4) is 0 Å². The van der Waals surface area contributed by atoms with Crippen LogP contribution >= 0.6 is 22.9 Å². The molecule has 0 atom stereocenters. The van der Waals surface area contributed by atoms with Crippen LogP contribution in [0.2, 0.25) is 4.34 Å². The molecule has 2 heterocycles. The zero-order valence-corrected chi connectivity index (χ0v) is 15.2. The van der Waals surface area contributed by atoms with Gasteiger partial charge in [-0.3, -0.25) is 9.59 Å². The summed E-state index contributed by atoms with van der Waals surface area (Å²) in [5, 5.41) is 0. The molecule has 0 aliphatic carbocycles. The van der Waals surface area contributed by atoms with Gasteiger partial charge in [0.1, 0.15) is 5.82 Å². The third-order valence-corrected chi connectivity index (χ3v) is 5.51. The monoisotopic (exact) mass is 380 g/mol. The Morgan fingerprint density at radius 3 is 2.40 bits per heavy atom. The highest BCUT2D eigenvalue weighted by atomic mass is 35.5. The molecule has 0 spiro atoms. The van der Waals surface area contributed by atoms with Gasteiger partial charge in [-0.2, -0.15) is 0 Å². The van der Waals surface area contributed by atoms with Gasteiger partial charge in [0.05, 0.1) is 14.9 Å². The molecule has 0 bridgehead atoms. The third kappa shape index (κ3) is 4.38. The summed E-state index contributed by atoms with van der Waals surface area (Å²) in [6.07, 6.45) is 0.372. The predicted octanol–water partition coefficient (Wildman–Crippen LogP) is 3.85. The van der Waals surface area contributed by atoms with Crippen molar-refractivity contribution in [3.63, 3.8) is 0 Å². The van der Waals surface area contributed by atoms with Crippen LogP contribution in [0.3, 0.4) is 0 Å². The van der Waals surface area contributed by atoms with E-state index in [4.69, 9.17) is 11.6 Å². The van der Waals surface area contributed by atoms with Crippen LogP contribution in [0.1, 0.15) is 22.5 Å². The number of hydrogen-bond acceptors (Lipinski definition) is 4. The van der Waals surface area contributed by atoms with E-state index in [0.717, 1.165) is 0 Å². The van der Waals surface area contributed by atoms with Crippen LogP contribution in [-0.4, -0.2) is 42.8 Å². The molecule has 25 heavy (non-hydrogen) atoms. The van der Waals surface area contributed by atoms with Crippen molar-refractivity contribution in [2.45, 2.75) is 12.8 Å². The van der Waals surface area contributed by atoms with Crippen molar-refractivity contribution in [1.29, 1.82) is 0 Å². The highest BCUT2D eigenvalue weighted by Crippen LogP contribution is 2.23. The first-order chi connectivity index (χ1) is 12.0. The molecule has 2 aromatic rings. The summed E-state index contributed by atoms with van der Waals surface area (Å²) in [5.41, 5.74) is 0.569. The van der Waals surface area contributed by atoms with E-state index in [2.05, 4.69) is 0 Å². The van der Waals surface area contributed by atoms with Gasteiger partial charge in [-0.1, -0.05) is 23.7 Å². The van der Waals surface area contributed by atoms with Crippen molar-refractivity contribution in [2.24, 2.45) is 0 Å². The van der Waals surface area contributed by atoms with Crippen LogP contribution in [0, 0.1) is 5.82 Å². The number of hydrogen-bond donors (Lipinski definition) is 0. The van der Waals surface area contributed by atoms with Gasteiger partial charge in [0.15, 0.2) is 5.78 Å². The molecule has 0 unspecified atom stereocenters. The number of piperazine rings is 1. The lowest BCUT2D eigenvalue weighted by Crippen LogP contribution is -2.49. The third-order valence-electron chi connectivity index (χ3n) is 4.24. The van der Waals surface area contributed by atoms with Gasteiger partial charge in [0.2, 0.25) is 5.91 Å². The Hall–Kier alpha value is -1.92. The molecule has 7 heteroatoms. The SMILES string of the molecule is O=C(CCC(=O)N1CCN(c2ccccc2F)CC1)c1ccc(Cl)s1. The molecular formula is C18H18ClFN2O2S. The van der Waals surface area contributed by atoms with Gasteiger partial charge in [0, 0.05) is 39.0 Å². The van der Waals surface area contributed by atoms with Gasteiger partial charge in [-0.15, -0.1) is 11.3 Å². The van der Waals surface area contributed by atoms with E-state index in [0.29, 0.717) is 41.1 Å². The minimum Gasteiger partial charge on any atom is -0.366 e. The molecule has 0 saturated carbocycles. The number of nitrogens with zero attached hydrogens (tertiary/aromatic N) is 2. The van der Waals surface area contributed by atoms with Crippen LogP contribution in [0.4, 0.5) is 10.1 Å². The summed E-state index contributed by atoms with van der Waals surface area (Å²) in [6, 6.07) is 10.0. The number of para-hydroxylation sites is 1. The molecule has 0 radical (unpaired) electrons. The highest BCUT2D eigenvalue weighted by Gasteiger charge is 2.23. The Morgan fingerprint density at radius 2 is 1.76 bits per heavy atom. The van der Waals surface area contributed by atoms with Crippen LogP contribution in [0.15, 0.2) is 36.4 Å². The minimum absolute atomic E-state index is 0.0378. The van der Waals surface area contributed by atoms with Gasteiger partial charge in [-0.25, -0.2) is 4.39 Å². The Morgan fingerprint density at radius 1 is 1.04 bits per heavy atom. The van der Waals surface area contributed by atoms with Crippen LogP contribution in [-0.2, 0) is 4.79 Å². The number of anilines is 1. The number of benzene rings is 1. The van der Waals surface area contributed by atoms with E-state index in [1.165, 1.54) is 17.4 Å². The fourth-order valence-corrected chi connectivity index (χ4v) is 3.88. The lowest BCUT2D eigenvalue weighted by molar-refractivity contribution is -0.131. The average molecular weight is 381 g/mol. The molecule has 1 fully saturated rings. The maximum absolute atomic E-state index is 13.8. The topological polar surface area (TPSA) is 40.6 Å². The minimum atomic E-state index is -0.248. The first-order valence-electron chi connectivity index (χ1n) is 8.10. The quantitative estimate of drug-likeness (QED) is 0.740. The van der Waals surface area contributed by atoms with E-state index in [-0.39, 0.29) is 30.3 Å². The van der Waals surface area contributed by atoms with Gasteiger partial charge >= 0.3 is 0 Å². The summed E-state index contributed by atoms with van der Waals surface area (Å²) in [5.74, 6) is -0.345. The predicted molar refractivity (Wildman–Crippen MR) is 98.1 cm³/mol. The number of halogens is 2. The van der Waals surface area contributed by atoms with Crippen molar-refractivity contribution in [2.75, 3.05) is 31.1 Å². The molecule has 1 aromatic carbocycles. The van der Waals surface area contributed by atoms with E-state index < -0.39 is 0 Å². The maximum atomic E-state index is 13.8. The van der Waals surface area contributed by atoms with Crippen molar-refractivity contribution < 1.29 is 14.0 Å². The Bertz CT molecular complexity index is 772. The number of carbonyl (C=O) groups excluding carboxylic acids is 2. The first kappa shape index (κ1) is 17.9. The average Bonchev–Trinajstić information content (AvgIpc) is 3.06. The fraction of sp³-hybridized carbons (Fsp3) is 0.333. The lowest BCUT2D eigenvalue weighted by Gasteiger charge is -2.36. The molecule has 3 rings (SSSR count). The molecular weight excluding hydrogens is 363 g/mol. The number of carbonyl (C=O) groups is 2. The number of rotatable bonds is 5. The molecule has 1 aliphatic rings. The van der Waals surface area contributed by atoms with Crippen LogP contribution < -0.4 is 4.90 Å². The largest absolute Gasteiger partial charge is 0.366 e. The normalized spacial score (nSPS) is 14.6. The van der Waals surface area contributed by atoms with Gasteiger partial charge in [0.25, 0.3) is 0 Å². The van der Waals surface area contributed by atoms with Crippen LogP contribution in [0.25, 0.3) is 0 Å². The summed E-state index contributed by atoms with van der Waals surface area (Å²) in [7, 11) is 0. The molecule has 1 aromatic heterocycles. The number of Topliss-reactive ketones (excluding diaryl/α,β-unsaturated/α-hetero) is 1.